The van der Waals surface area contributed by atoms with E-state index in [9.17, 15) is 4.57 Å². The lowest BCUT2D eigenvalue weighted by molar-refractivity contribution is 0.393. The van der Waals surface area contributed by atoms with Gasteiger partial charge in [-0.15, -0.1) is 0 Å². The molecule has 0 fully saturated rings. The highest BCUT2D eigenvalue weighted by atomic mass is 127. The highest BCUT2D eigenvalue weighted by molar-refractivity contribution is 14.1. The zero-order valence-corrected chi connectivity index (χ0v) is 15.7. The van der Waals surface area contributed by atoms with Crippen LogP contribution in [0.15, 0.2) is 84.9 Å². The Labute approximate surface area is 154 Å². The van der Waals surface area contributed by atoms with E-state index in [2.05, 4.69) is 27.7 Å². The largest absolute Gasteiger partial charge is 0.541 e. The molecule has 4 nitrogen and oxygen atoms in total. The van der Waals surface area contributed by atoms with Crippen LogP contribution in [0.25, 0.3) is 0 Å². The van der Waals surface area contributed by atoms with Crippen molar-refractivity contribution in [2.24, 2.45) is 0 Å². The van der Waals surface area contributed by atoms with Gasteiger partial charge in [-0.1, -0.05) is 36.4 Å². The quantitative estimate of drug-likeness (QED) is 0.371. The summed E-state index contributed by atoms with van der Waals surface area (Å²) in [6.45, 7) is 0. The lowest BCUT2D eigenvalue weighted by Gasteiger charge is -2.21. The van der Waals surface area contributed by atoms with Gasteiger partial charge < -0.3 is 9.05 Å². The van der Waals surface area contributed by atoms with Gasteiger partial charge in [-0.3, -0.25) is 5.09 Å². The Bertz CT molecular complexity index is 780. The summed E-state index contributed by atoms with van der Waals surface area (Å²) >= 11 is 2.21. The number of anilines is 1. The van der Waals surface area contributed by atoms with Gasteiger partial charge in [-0.05, 0) is 71.1 Å². The van der Waals surface area contributed by atoms with Gasteiger partial charge in [0.1, 0.15) is 11.5 Å². The SMILES string of the molecule is O=P(Nc1ccc(I)cc1)(Oc1ccccc1)Oc1ccccc1. The number of halogens is 1. The Kier molecular flexibility index (Phi) is 5.43. The number of benzene rings is 3. The predicted molar refractivity (Wildman–Crippen MR) is 105 cm³/mol. The molecular formula is C18H15INO3P. The summed E-state index contributed by atoms with van der Waals surface area (Å²) in [5, 5.41) is 2.89. The van der Waals surface area contributed by atoms with Crippen molar-refractivity contribution in [3.8, 4) is 11.5 Å². The molecule has 0 atom stereocenters. The smallest absolute Gasteiger partial charge is 0.400 e. The molecule has 0 amide bonds. The molecule has 0 saturated carbocycles. The molecule has 0 radical (unpaired) electrons. The molecule has 6 heteroatoms. The first-order valence-electron chi connectivity index (χ1n) is 7.26. The molecular weight excluding hydrogens is 436 g/mol. The predicted octanol–water partition coefficient (Wildman–Crippen LogP) is 5.97. The van der Waals surface area contributed by atoms with Crippen molar-refractivity contribution in [2.45, 2.75) is 0 Å². The summed E-state index contributed by atoms with van der Waals surface area (Å²) in [6.07, 6.45) is 0. The molecule has 24 heavy (non-hydrogen) atoms. The average molecular weight is 451 g/mol. The molecule has 0 saturated heterocycles. The van der Waals surface area contributed by atoms with Crippen LogP contribution in [-0.2, 0) is 4.57 Å². The van der Waals surface area contributed by atoms with Crippen LogP contribution >= 0.6 is 30.3 Å². The number of para-hydroxylation sites is 2. The van der Waals surface area contributed by atoms with E-state index in [4.69, 9.17) is 9.05 Å². The van der Waals surface area contributed by atoms with Crippen molar-refractivity contribution < 1.29 is 13.6 Å². The van der Waals surface area contributed by atoms with E-state index in [0.717, 1.165) is 3.57 Å². The third-order valence-electron chi connectivity index (χ3n) is 3.05. The van der Waals surface area contributed by atoms with Crippen LogP contribution in [0.3, 0.4) is 0 Å². The molecule has 0 aliphatic heterocycles. The molecule has 3 aromatic rings. The second kappa shape index (κ2) is 7.73. The Morgan fingerprint density at radius 3 is 1.62 bits per heavy atom. The van der Waals surface area contributed by atoms with Crippen molar-refractivity contribution in [3.05, 3.63) is 88.5 Å². The van der Waals surface area contributed by atoms with Crippen molar-refractivity contribution in [3.63, 3.8) is 0 Å². The van der Waals surface area contributed by atoms with Crippen LogP contribution in [0.5, 0.6) is 11.5 Å². The van der Waals surface area contributed by atoms with Crippen LogP contribution in [-0.4, -0.2) is 0 Å². The van der Waals surface area contributed by atoms with Gasteiger partial charge >= 0.3 is 7.75 Å². The monoisotopic (exact) mass is 451 g/mol. The van der Waals surface area contributed by atoms with E-state index in [1.54, 1.807) is 24.3 Å². The lowest BCUT2D eigenvalue weighted by atomic mass is 10.3. The molecule has 0 aliphatic rings. The molecule has 1 N–H and O–H groups in total. The van der Waals surface area contributed by atoms with Crippen molar-refractivity contribution in [1.82, 2.24) is 0 Å². The number of nitrogens with one attached hydrogen (secondary N) is 1. The summed E-state index contributed by atoms with van der Waals surface area (Å²) in [7, 11) is -3.65. The third kappa shape index (κ3) is 4.76. The fourth-order valence-electron chi connectivity index (χ4n) is 1.99. The molecule has 0 spiro atoms. The van der Waals surface area contributed by atoms with E-state index in [0.29, 0.717) is 17.2 Å². The number of hydrogen-bond acceptors (Lipinski definition) is 3. The second-order valence-corrected chi connectivity index (χ2v) is 7.75. The Morgan fingerprint density at radius 1 is 0.708 bits per heavy atom. The first kappa shape index (κ1) is 16.9. The van der Waals surface area contributed by atoms with Gasteiger partial charge in [0.25, 0.3) is 0 Å². The summed E-state index contributed by atoms with van der Waals surface area (Å²) in [6, 6.07) is 25.4. The minimum atomic E-state index is -3.65. The van der Waals surface area contributed by atoms with Crippen LogP contribution < -0.4 is 14.1 Å². The molecule has 0 aromatic heterocycles. The van der Waals surface area contributed by atoms with E-state index in [1.165, 1.54) is 0 Å². The minimum absolute atomic E-state index is 0.467. The van der Waals surface area contributed by atoms with E-state index < -0.39 is 7.75 Å². The molecule has 0 aliphatic carbocycles. The second-order valence-electron chi connectivity index (χ2n) is 4.92. The van der Waals surface area contributed by atoms with Gasteiger partial charge in [0.2, 0.25) is 0 Å². The highest BCUT2D eigenvalue weighted by Crippen LogP contribution is 2.48. The first-order valence-corrected chi connectivity index (χ1v) is 9.88. The lowest BCUT2D eigenvalue weighted by Crippen LogP contribution is -2.09. The van der Waals surface area contributed by atoms with E-state index in [-0.39, 0.29) is 0 Å². The number of hydrogen-bond donors (Lipinski definition) is 1. The topological polar surface area (TPSA) is 47.6 Å². The third-order valence-corrected chi connectivity index (χ3v) is 5.20. The van der Waals surface area contributed by atoms with Crippen molar-refractivity contribution >= 4 is 36.0 Å². The average Bonchev–Trinajstić information content (AvgIpc) is 2.58. The maximum atomic E-state index is 13.2. The molecule has 3 rings (SSSR count). The van der Waals surface area contributed by atoms with Gasteiger partial charge in [-0.25, -0.2) is 4.57 Å². The van der Waals surface area contributed by atoms with Crippen LogP contribution in [0, 0.1) is 3.57 Å². The standard InChI is InChI=1S/C18H15INO3P/c19-15-11-13-16(14-12-15)20-24(21,22-17-7-3-1-4-8-17)23-18-9-5-2-6-10-18/h1-14H,(H,20,21). The van der Waals surface area contributed by atoms with Crippen molar-refractivity contribution in [1.29, 1.82) is 0 Å². The van der Waals surface area contributed by atoms with Gasteiger partial charge in [-0.2, -0.15) is 0 Å². The minimum Gasteiger partial charge on any atom is -0.400 e. The summed E-state index contributed by atoms with van der Waals surface area (Å²) in [4.78, 5) is 0. The molecule has 122 valence electrons. The summed E-state index contributed by atoms with van der Waals surface area (Å²) in [5.41, 5.74) is 0.658. The maximum absolute atomic E-state index is 13.2. The summed E-state index contributed by atoms with van der Waals surface area (Å²) < 4.78 is 25.7. The Balaban J connectivity index is 1.87. The summed E-state index contributed by atoms with van der Waals surface area (Å²) in [5.74, 6) is 0.935. The van der Waals surface area contributed by atoms with Gasteiger partial charge in [0, 0.05) is 9.26 Å². The van der Waals surface area contributed by atoms with E-state index in [1.807, 2.05) is 60.7 Å². The zero-order valence-electron chi connectivity index (χ0n) is 12.6. The van der Waals surface area contributed by atoms with Gasteiger partial charge in [0.05, 0.1) is 0 Å². The Morgan fingerprint density at radius 2 is 1.17 bits per heavy atom. The van der Waals surface area contributed by atoms with Gasteiger partial charge in [0.15, 0.2) is 0 Å². The van der Waals surface area contributed by atoms with Crippen LogP contribution in [0.4, 0.5) is 5.69 Å². The number of rotatable bonds is 6. The van der Waals surface area contributed by atoms with Crippen molar-refractivity contribution in [2.75, 3.05) is 5.09 Å². The molecule has 0 bridgehead atoms. The van der Waals surface area contributed by atoms with E-state index >= 15 is 0 Å². The normalized spacial score (nSPS) is 10.9. The van der Waals surface area contributed by atoms with Crippen LogP contribution in [0.2, 0.25) is 0 Å². The Hall–Kier alpha value is -1.98. The fourth-order valence-corrected chi connectivity index (χ4v) is 3.74. The molecule has 0 unspecified atom stereocenters. The first-order chi connectivity index (χ1) is 11.6. The fraction of sp³-hybridized carbons (Fsp3) is 0. The highest BCUT2D eigenvalue weighted by Gasteiger charge is 2.29. The molecule has 3 aromatic carbocycles. The zero-order chi connectivity index (χ0) is 16.8. The van der Waals surface area contributed by atoms with Crippen LogP contribution in [0.1, 0.15) is 0 Å². The maximum Gasteiger partial charge on any atom is 0.541 e. The molecule has 0 heterocycles.